The zero-order chi connectivity index (χ0) is 19.4. The number of hydrogen-bond donors (Lipinski definition) is 1. The summed E-state index contributed by atoms with van der Waals surface area (Å²) in [5.74, 6) is 0.845. The van der Waals surface area contributed by atoms with E-state index in [4.69, 9.17) is 4.74 Å². The summed E-state index contributed by atoms with van der Waals surface area (Å²) >= 11 is 1.52. The lowest BCUT2D eigenvalue weighted by Crippen LogP contribution is -2.12. The summed E-state index contributed by atoms with van der Waals surface area (Å²) in [6.07, 6.45) is 1.08. The number of hydrogen-bond acceptors (Lipinski definition) is 4. The van der Waals surface area contributed by atoms with Crippen molar-refractivity contribution < 1.29 is 9.53 Å². The first-order valence-corrected chi connectivity index (χ1v) is 10.0. The number of benzene rings is 2. The molecule has 27 heavy (non-hydrogen) atoms. The van der Waals surface area contributed by atoms with Crippen LogP contribution in [-0.2, 0) is 10.2 Å². The Labute approximate surface area is 164 Å². The number of thiazole rings is 1. The highest BCUT2D eigenvalue weighted by atomic mass is 32.1. The van der Waals surface area contributed by atoms with Crippen LogP contribution in [0.5, 0.6) is 5.75 Å². The first-order chi connectivity index (χ1) is 12.8. The fourth-order valence-corrected chi connectivity index (χ4v) is 3.68. The molecular formula is C22H26N2O2S. The average Bonchev–Trinajstić information content (AvgIpc) is 3.00. The molecule has 0 radical (unpaired) electrons. The maximum Gasteiger partial charge on any atom is 0.226 e. The van der Waals surface area contributed by atoms with Gasteiger partial charge in [0.25, 0.3) is 0 Å². The molecule has 0 spiro atoms. The lowest BCUT2D eigenvalue weighted by Gasteiger charge is -2.18. The lowest BCUT2D eigenvalue weighted by atomic mass is 9.87. The van der Waals surface area contributed by atoms with Gasteiger partial charge in [0.05, 0.1) is 16.8 Å². The summed E-state index contributed by atoms with van der Waals surface area (Å²) in [6, 6.07) is 14.2. The van der Waals surface area contributed by atoms with Gasteiger partial charge in [-0.2, -0.15) is 0 Å². The molecule has 1 heterocycles. The molecule has 0 bridgehead atoms. The van der Waals surface area contributed by atoms with Crippen LogP contribution in [0.2, 0.25) is 0 Å². The van der Waals surface area contributed by atoms with Gasteiger partial charge >= 0.3 is 0 Å². The highest BCUT2D eigenvalue weighted by Crippen LogP contribution is 2.31. The van der Waals surface area contributed by atoms with E-state index in [0.717, 1.165) is 21.5 Å². The minimum Gasteiger partial charge on any atom is -0.493 e. The van der Waals surface area contributed by atoms with Crippen LogP contribution < -0.4 is 10.1 Å². The molecule has 0 atom stereocenters. The van der Waals surface area contributed by atoms with Gasteiger partial charge in [0.15, 0.2) is 5.13 Å². The fraction of sp³-hybridized carbons (Fsp3) is 0.364. The van der Waals surface area contributed by atoms with Gasteiger partial charge in [0.2, 0.25) is 5.91 Å². The Kier molecular flexibility index (Phi) is 5.80. The second kappa shape index (κ2) is 8.09. The van der Waals surface area contributed by atoms with E-state index in [1.165, 1.54) is 16.9 Å². The van der Waals surface area contributed by atoms with Crippen molar-refractivity contribution in [3.63, 3.8) is 0 Å². The molecule has 0 aliphatic rings. The molecule has 1 amide bonds. The predicted octanol–water partition coefficient (Wildman–Crippen LogP) is 5.70. The van der Waals surface area contributed by atoms with Crippen molar-refractivity contribution >= 4 is 32.6 Å². The predicted molar refractivity (Wildman–Crippen MR) is 113 cm³/mol. The molecule has 3 rings (SSSR count). The van der Waals surface area contributed by atoms with Crippen molar-refractivity contribution in [1.29, 1.82) is 0 Å². The smallest absolute Gasteiger partial charge is 0.226 e. The normalized spacial score (nSPS) is 11.6. The SMILES string of the molecule is Cc1ccccc1OCCCC(=O)Nc1nc2ccc(C(C)(C)C)cc2s1. The minimum atomic E-state index is -0.0292. The molecular weight excluding hydrogens is 356 g/mol. The van der Waals surface area contributed by atoms with Crippen molar-refractivity contribution in [2.75, 3.05) is 11.9 Å². The monoisotopic (exact) mass is 382 g/mol. The molecule has 2 aromatic carbocycles. The molecule has 0 aliphatic carbocycles. The average molecular weight is 383 g/mol. The second-order valence-electron chi connectivity index (χ2n) is 7.72. The molecule has 0 saturated heterocycles. The largest absolute Gasteiger partial charge is 0.493 e. The van der Waals surface area contributed by atoms with Crippen LogP contribution in [0.1, 0.15) is 44.7 Å². The first-order valence-electron chi connectivity index (χ1n) is 9.22. The zero-order valence-corrected chi connectivity index (χ0v) is 17.2. The molecule has 1 aromatic heterocycles. The van der Waals surface area contributed by atoms with Crippen LogP contribution in [0.15, 0.2) is 42.5 Å². The third-order valence-electron chi connectivity index (χ3n) is 4.40. The van der Waals surface area contributed by atoms with Gasteiger partial charge in [-0.05, 0) is 48.1 Å². The number of carbonyl (C=O) groups is 1. The van der Waals surface area contributed by atoms with Gasteiger partial charge in [0, 0.05) is 6.42 Å². The maximum atomic E-state index is 12.2. The number of rotatable bonds is 6. The van der Waals surface area contributed by atoms with E-state index in [2.05, 4.69) is 43.2 Å². The van der Waals surface area contributed by atoms with Crippen LogP contribution >= 0.6 is 11.3 Å². The number of nitrogens with one attached hydrogen (secondary N) is 1. The number of fused-ring (bicyclic) bond motifs is 1. The summed E-state index contributed by atoms with van der Waals surface area (Å²) in [7, 11) is 0. The fourth-order valence-electron chi connectivity index (χ4n) is 2.76. The molecule has 1 N–H and O–H groups in total. The second-order valence-corrected chi connectivity index (χ2v) is 8.75. The number of amides is 1. The van der Waals surface area contributed by atoms with Crippen LogP contribution in [0.4, 0.5) is 5.13 Å². The number of para-hydroxylation sites is 1. The van der Waals surface area contributed by atoms with Crippen LogP contribution in [0.3, 0.4) is 0 Å². The number of anilines is 1. The lowest BCUT2D eigenvalue weighted by molar-refractivity contribution is -0.116. The molecule has 142 valence electrons. The summed E-state index contributed by atoms with van der Waals surface area (Å²) < 4.78 is 6.84. The third kappa shape index (κ3) is 5.07. The Morgan fingerprint density at radius 1 is 1.19 bits per heavy atom. The van der Waals surface area contributed by atoms with E-state index < -0.39 is 0 Å². The van der Waals surface area contributed by atoms with Crippen LogP contribution in [0.25, 0.3) is 10.2 Å². The Morgan fingerprint density at radius 3 is 2.70 bits per heavy atom. The molecule has 0 fully saturated rings. The van der Waals surface area contributed by atoms with Gasteiger partial charge in [-0.15, -0.1) is 0 Å². The molecule has 0 saturated carbocycles. The highest BCUT2D eigenvalue weighted by molar-refractivity contribution is 7.22. The minimum absolute atomic E-state index is 0.0292. The van der Waals surface area contributed by atoms with Crippen molar-refractivity contribution in [3.05, 3.63) is 53.6 Å². The van der Waals surface area contributed by atoms with E-state index in [9.17, 15) is 4.79 Å². The van der Waals surface area contributed by atoms with Gasteiger partial charge in [-0.25, -0.2) is 4.98 Å². The van der Waals surface area contributed by atoms with E-state index in [-0.39, 0.29) is 11.3 Å². The summed E-state index contributed by atoms with van der Waals surface area (Å²) in [5.41, 5.74) is 3.39. The Morgan fingerprint density at radius 2 is 1.96 bits per heavy atom. The quantitative estimate of drug-likeness (QED) is 0.556. The third-order valence-corrected chi connectivity index (χ3v) is 5.33. The van der Waals surface area contributed by atoms with Gasteiger partial charge in [-0.3, -0.25) is 4.79 Å². The van der Waals surface area contributed by atoms with Crippen molar-refractivity contribution in [2.24, 2.45) is 0 Å². The van der Waals surface area contributed by atoms with Gasteiger partial charge < -0.3 is 10.1 Å². The zero-order valence-electron chi connectivity index (χ0n) is 16.3. The van der Waals surface area contributed by atoms with Crippen molar-refractivity contribution in [1.82, 2.24) is 4.98 Å². The Hall–Kier alpha value is -2.40. The van der Waals surface area contributed by atoms with E-state index in [1.807, 2.05) is 37.3 Å². The Balaban J connectivity index is 1.52. The number of carbonyl (C=O) groups excluding carboxylic acids is 1. The standard InChI is InChI=1S/C22H26N2O2S/c1-15-8-5-6-9-18(15)26-13-7-10-20(25)24-21-23-17-12-11-16(22(2,3)4)14-19(17)27-21/h5-6,8-9,11-12,14H,7,10,13H2,1-4H3,(H,23,24,25). The molecule has 0 aliphatic heterocycles. The molecule has 0 unspecified atom stereocenters. The van der Waals surface area contributed by atoms with Crippen molar-refractivity contribution in [2.45, 2.75) is 46.0 Å². The number of aryl methyl sites for hydroxylation is 1. The van der Waals surface area contributed by atoms with Crippen LogP contribution in [0, 0.1) is 6.92 Å². The number of nitrogens with zero attached hydrogens (tertiary/aromatic N) is 1. The highest BCUT2D eigenvalue weighted by Gasteiger charge is 2.15. The first kappa shape index (κ1) is 19.4. The van der Waals surface area contributed by atoms with Gasteiger partial charge in [0.1, 0.15) is 5.75 Å². The molecule has 4 nitrogen and oxygen atoms in total. The number of aromatic nitrogens is 1. The maximum absolute atomic E-state index is 12.2. The molecule has 5 heteroatoms. The van der Waals surface area contributed by atoms with Crippen molar-refractivity contribution in [3.8, 4) is 5.75 Å². The van der Waals surface area contributed by atoms with E-state index in [1.54, 1.807) is 0 Å². The summed E-state index contributed by atoms with van der Waals surface area (Å²) in [6.45, 7) is 9.11. The Bertz CT molecular complexity index is 941. The summed E-state index contributed by atoms with van der Waals surface area (Å²) in [4.78, 5) is 16.7. The van der Waals surface area contributed by atoms with E-state index >= 15 is 0 Å². The number of ether oxygens (including phenoxy) is 1. The summed E-state index contributed by atoms with van der Waals surface area (Å²) in [5, 5.41) is 3.57. The van der Waals surface area contributed by atoms with Crippen LogP contribution in [-0.4, -0.2) is 17.5 Å². The molecule has 3 aromatic rings. The topological polar surface area (TPSA) is 51.2 Å². The van der Waals surface area contributed by atoms with E-state index in [0.29, 0.717) is 24.6 Å². The van der Waals surface area contributed by atoms with Gasteiger partial charge in [-0.1, -0.05) is 56.4 Å².